The molecule has 4 aromatic carbocycles. The Balaban J connectivity index is 0.0000115. The molecule has 3 amide bonds. The SMILES string of the molecule is Cl.NCCOCCOCCOCCN(CCOCCOCCOCCNC(=O)OC1Cc2ccccc2C#Cc2ccccc21)C(=O)CCOCCOCCOCCOCCNC(=O)OCC1c2ccccc2-c2ccccc21. The molecular weight excluding hydrogens is 1040 g/mol. The highest BCUT2D eigenvalue weighted by molar-refractivity contribution is 5.85. The Labute approximate surface area is 471 Å². The number of nitrogens with zero attached hydrogens (tertiary/aromatic N) is 1. The van der Waals surface area contributed by atoms with Crippen molar-refractivity contribution in [3.8, 4) is 23.0 Å². The summed E-state index contributed by atoms with van der Waals surface area (Å²) in [4.78, 5) is 40.1. The Bertz CT molecular complexity index is 2380. The van der Waals surface area contributed by atoms with Crippen LogP contribution in [0, 0.1) is 11.8 Å². The van der Waals surface area contributed by atoms with Crippen molar-refractivity contribution in [1.29, 1.82) is 0 Å². The monoisotopic (exact) mass is 1120 g/mol. The number of nitrogens with one attached hydrogen (secondary N) is 2. The van der Waals surface area contributed by atoms with Gasteiger partial charge < -0.3 is 78.1 Å². The first kappa shape index (κ1) is 64.1. The molecule has 6 rings (SSSR count). The number of benzene rings is 4. The van der Waals surface area contributed by atoms with E-state index in [9.17, 15) is 14.4 Å². The summed E-state index contributed by atoms with van der Waals surface area (Å²) < 4.78 is 67.5. The molecule has 0 radical (unpaired) electrons. The van der Waals surface area contributed by atoms with Crippen LogP contribution in [0.25, 0.3) is 11.1 Å². The predicted octanol–water partition coefficient (Wildman–Crippen LogP) is 5.71. The van der Waals surface area contributed by atoms with Crippen LogP contribution in [0.4, 0.5) is 9.59 Å². The van der Waals surface area contributed by atoms with Crippen LogP contribution in [0.5, 0.6) is 0 Å². The first-order valence-electron chi connectivity index (χ1n) is 27.0. The summed E-state index contributed by atoms with van der Waals surface area (Å²) in [6.07, 6.45) is -0.773. The van der Waals surface area contributed by atoms with Crippen molar-refractivity contribution < 1.29 is 71.2 Å². The molecule has 1 unspecified atom stereocenters. The number of halogens is 1. The van der Waals surface area contributed by atoms with Gasteiger partial charge in [-0.3, -0.25) is 4.79 Å². The van der Waals surface area contributed by atoms with E-state index in [4.69, 9.17) is 62.6 Å². The van der Waals surface area contributed by atoms with E-state index in [2.05, 4.69) is 46.7 Å². The lowest BCUT2D eigenvalue weighted by atomic mass is 9.92. The van der Waals surface area contributed by atoms with Crippen molar-refractivity contribution in [3.63, 3.8) is 0 Å². The standard InChI is InChI=1S/C59H78N4O15.ClH/c60-20-26-68-32-38-74-41-35-71-29-23-63(24-30-72-36-42-75-39-34-70-28-22-62-59(66)78-56-45-49-11-2-1-9-47(49)17-18-48-10-3-4-12-50(48)56)57(64)19-25-67-31-37-73-43-44-76-40-33-69-27-21-61-58(65)77-46-55-53-15-7-5-13-51(53)52-14-6-8-16-54(52)55;/h1-16,55-56H,19-46,60H2,(H,61,65)(H,62,66);1H. The summed E-state index contributed by atoms with van der Waals surface area (Å²) in [7, 11) is 0. The zero-order valence-electron chi connectivity index (χ0n) is 45.2. The summed E-state index contributed by atoms with van der Waals surface area (Å²) in [5.41, 5.74) is 13.8. The molecule has 0 aromatic heterocycles. The summed E-state index contributed by atoms with van der Waals surface area (Å²) in [6, 6.07) is 32.1. The molecule has 19 nitrogen and oxygen atoms in total. The van der Waals surface area contributed by atoms with Crippen molar-refractivity contribution in [2.24, 2.45) is 5.73 Å². The average Bonchev–Trinajstić information content (AvgIpc) is 3.94. The van der Waals surface area contributed by atoms with Gasteiger partial charge in [0.25, 0.3) is 0 Å². The van der Waals surface area contributed by atoms with Gasteiger partial charge in [0.1, 0.15) is 12.7 Å². The van der Waals surface area contributed by atoms with Crippen LogP contribution >= 0.6 is 12.4 Å². The van der Waals surface area contributed by atoms with Crippen LogP contribution < -0.4 is 16.4 Å². The Morgan fingerprint density at radius 1 is 0.481 bits per heavy atom. The third-order valence-electron chi connectivity index (χ3n) is 12.4. The fourth-order valence-electron chi connectivity index (χ4n) is 8.49. The Morgan fingerprint density at radius 2 is 0.899 bits per heavy atom. The van der Waals surface area contributed by atoms with E-state index >= 15 is 0 Å². The van der Waals surface area contributed by atoms with Gasteiger partial charge in [0.2, 0.25) is 5.91 Å². The van der Waals surface area contributed by atoms with Gasteiger partial charge in [-0.1, -0.05) is 96.8 Å². The van der Waals surface area contributed by atoms with Gasteiger partial charge in [-0.2, -0.15) is 0 Å². The molecule has 2 aliphatic rings. The smallest absolute Gasteiger partial charge is 0.407 e. The van der Waals surface area contributed by atoms with Crippen LogP contribution in [0.15, 0.2) is 97.1 Å². The second-order valence-corrected chi connectivity index (χ2v) is 17.8. The van der Waals surface area contributed by atoms with E-state index in [-0.39, 0.29) is 50.4 Å². The number of hydrogen-bond donors (Lipinski definition) is 3. The predicted molar refractivity (Wildman–Crippen MR) is 299 cm³/mol. The van der Waals surface area contributed by atoms with Crippen LogP contribution in [0.2, 0.25) is 0 Å². The number of fused-ring (bicyclic) bond motifs is 5. The fraction of sp³-hybridized carbons (Fsp3) is 0.508. The summed E-state index contributed by atoms with van der Waals surface area (Å²) >= 11 is 0. The van der Waals surface area contributed by atoms with Crippen LogP contribution in [-0.2, 0) is 68.1 Å². The number of rotatable bonds is 41. The number of ether oxygens (including phenoxy) is 12. The van der Waals surface area contributed by atoms with E-state index in [1.165, 1.54) is 22.3 Å². The summed E-state index contributed by atoms with van der Waals surface area (Å²) in [5, 5.41) is 5.52. The molecule has 4 N–H and O–H groups in total. The molecule has 0 saturated heterocycles. The number of nitrogens with two attached hydrogens (primary N) is 1. The normalized spacial score (nSPS) is 13.1. The first-order valence-corrected chi connectivity index (χ1v) is 27.0. The van der Waals surface area contributed by atoms with Crippen molar-refractivity contribution in [1.82, 2.24) is 15.5 Å². The number of carbonyl (C=O) groups is 3. The van der Waals surface area contributed by atoms with Gasteiger partial charge in [0.15, 0.2) is 0 Å². The third kappa shape index (κ3) is 24.3. The van der Waals surface area contributed by atoms with Crippen LogP contribution in [-0.4, -0.2) is 194 Å². The highest BCUT2D eigenvalue weighted by Gasteiger charge is 2.29. The lowest BCUT2D eigenvalue weighted by molar-refractivity contribution is -0.134. The second kappa shape index (κ2) is 39.6. The molecule has 0 fully saturated rings. The topological polar surface area (TPSA) is 215 Å². The van der Waals surface area contributed by atoms with E-state index in [0.29, 0.717) is 158 Å². The van der Waals surface area contributed by atoms with Crippen molar-refractivity contribution in [3.05, 3.63) is 130 Å². The first-order chi connectivity index (χ1) is 38.5. The third-order valence-corrected chi connectivity index (χ3v) is 12.4. The largest absolute Gasteiger partial charge is 0.449 e. The minimum absolute atomic E-state index is 0. The van der Waals surface area contributed by atoms with Gasteiger partial charge >= 0.3 is 12.2 Å². The van der Waals surface area contributed by atoms with Crippen molar-refractivity contribution in [2.45, 2.75) is 24.9 Å². The van der Waals surface area contributed by atoms with E-state index in [1.807, 2.05) is 72.8 Å². The maximum atomic E-state index is 13.2. The second-order valence-electron chi connectivity index (χ2n) is 17.8. The minimum Gasteiger partial charge on any atom is -0.449 e. The molecular formula is C59H79ClN4O15. The number of alkyl carbamates (subject to hydrolysis) is 2. The summed E-state index contributed by atoms with van der Waals surface area (Å²) in [5.74, 6) is 6.39. The fourth-order valence-corrected chi connectivity index (χ4v) is 8.49. The Hall–Kier alpha value is -5.70. The molecule has 0 spiro atoms. The van der Waals surface area contributed by atoms with Crippen molar-refractivity contribution >= 4 is 30.5 Å². The molecule has 0 bridgehead atoms. The zero-order chi connectivity index (χ0) is 54.5. The average molecular weight is 1120 g/mol. The molecule has 20 heteroatoms. The Kier molecular flexibility index (Phi) is 32.2. The molecule has 0 heterocycles. The van der Waals surface area contributed by atoms with Gasteiger partial charge in [0.05, 0.1) is 139 Å². The summed E-state index contributed by atoms with van der Waals surface area (Å²) in [6.45, 7) is 9.38. The van der Waals surface area contributed by atoms with E-state index in [0.717, 1.165) is 22.3 Å². The molecule has 0 aliphatic heterocycles. The minimum atomic E-state index is -0.525. The lowest BCUT2D eigenvalue weighted by Gasteiger charge is -2.23. The van der Waals surface area contributed by atoms with E-state index in [1.54, 1.807) is 4.90 Å². The Morgan fingerprint density at radius 3 is 1.44 bits per heavy atom. The van der Waals surface area contributed by atoms with Crippen LogP contribution in [0.1, 0.15) is 51.8 Å². The maximum Gasteiger partial charge on any atom is 0.407 e. The quantitative estimate of drug-likeness (QED) is 0.0358. The molecule has 432 valence electrons. The number of carbonyl (C=O) groups excluding carboxylic acids is 3. The molecule has 79 heavy (non-hydrogen) atoms. The number of hydrogen-bond acceptors (Lipinski definition) is 16. The lowest BCUT2D eigenvalue weighted by Crippen LogP contribution is -2.37. The maximum absolute atomic E-state index is 13.2. The van der Waals surface area contributed by atoms with Gasteiger partial charge in [-0.05, 0) is 39.9 Å². The molecule has 4 aromatic rings. The van der Waals surface area contributed by atoms with E-state index < -0.39 is 18.3 Å². The molecule has 0 saturated carbocycles. The molecule has 2 aliphatic carbocycles. The van der Waals surface area contributed by atoms with Crippen molar-refractivity contribution in [2.75, 3.05) is 171 Å². The van der Waals surface area contributed by atoms with Gasteiger partial charge in [-0.15, -0.1) is 12.4 Å². The molecule has 1 atom stereocenters. The highest BCUT2D eigenvalue weighted by Crippen LogP contribution is 2.44. The number of amides is 3. The zero-order valence-corrected chi connectivity index (χ0v) is 46.1. The van der Waals surface area contributed by atoms with Gasteiger partial charge in [0, 0.05) is 61.8 Å². The van der Waals surface area contributed by atoms with Gasteiger partial charge in [-0.25, -0.2) is 9.59 Å². The van der Waals surface area contributed by atoms with Crippen LogP contribution in [0.3, 0.4) is 0 Å². The highest BCUT2D eigenvalue weighted by atomic mass is 35.5.